The number of carbonyl (C=O) groups is 1. The average Bonchev–Trinajstić information content (AvgIpc) is 2.59. The van der Waals surface area contributed by atoms with Gasteiger partial charge in [-0.05, 0) is 26.2 Å². The van der Waals surface area contributed by atoms with Crippen molar-refractivity contribution in [2.75, 3.05) is 27.2 Å². The minimum Gasteiger partial charge on any atom is -0.351 e. The van der Waals surface area contributed by atoms with Gasteiger partial charge in [-0.3, -0.25) is 4.79 Å². The summed E-state index contributed by atoms with van der Waals surface area (Å²) in [5.41, 5.74) is 0.124. The van der Waals surface area contributed by atoms with Gasteiger partial charge < -0.3 is 10.2 Å². The largest absolute Gasteiger partial charge is 0.351 e. The maximum absolute atomic E-state index is 14.2. The highest BCUT2D eigenvalue weighted by Crippen LogP contribution is 2.29. The molecule has 0 fully saturated rings. The fraction of sp³-hybridized carbons (Fsp3) is 0.200. The average molecular weight is 373 g/mol. The summed E-state index contributed by atoms with van der Waals surface area (Å²) >= 11 is 0. The van der Waals surface area contributed by atoms with Gasteiger partial charge in [-0.1, -0.05) is 18.2 Å². The van der Waals surface area contributed by atoms with Crippen molar-refractivity contribution in [3.8, 4) is 11.3 Å². The third-order valence-corrected chi connectivity index (χ3v) is 4.07. The Morgan fingerprint density at radius 2 is 1.74 bits per heavy atom. The fourth-order valence-electron chi connectivity index (χ4n) is 2.77. The minimum absolute atomic E-state index is 0.0681. The number of likely N-dealkylation sites (N-methyl/N-ethyl adjacent to an activating group) is 1. The number of fused-ring (bicyclic) bond motifs is 1. The molecule has 3 rings (SSSR count). The van der Waals surface area contributed by atoms with Gasteiger partial charge in [-0.2, -0.15) is 0 Å². The lowest BCUT2D eigenvalue weighted by Gasteiger charge is -2.13. The number of halogens is 3. The van der Waals surface area contributed by atoms with E-state index in [-0.39, 0.29) is 17.2 Å². The van der Waals surface area contributed by atoms with E-state index in [1.165, 1.54) is 6.07 Å². The second kappa shape index (κ2) is 7.75. The highest BCUT2D eigenvalue weighted by Gasteiger charge is 2.19. The van der Waals surface area contributed by atoms with Crippen LogP contribution in [0.25, 0.3) is 22.2 Å². The molecule has 0 atom stereocenters. The lowest BCUT2D eigenvalue weighted by atomic mass is 10.0. The zero-order valence-corrected chi connectivity index (χ0v) is 14.9. The van der Waals surface area contributed by atoms with Gasteiger partial charge in [0, 0.05) is 30.6 Å². The molecule has 0 aliphatic carbocycles. The van der Waals surface area contributed by atoms with Gasteiger partial charge in [-0.25, -0.2) is 18.2 Å². The summed E-state index contributed by atoms with van der Waals surface area (Å²) in [6, 6.07) is 9.33. The maximum Gasteiger partial charge on any atom is 0.252 e. The molecule has 0 saturated carbocycles. The number of aromatic nitrogens is 1. The Balaban J connectivity index is 2.10. The van der Waals surface area contributed by atoms with Crippen LogP contribution >= 0.6 is 0 Å². The predicted molar refractivity (Wildman–Crippen MR) is 97.9 cm³/mol. The van der Waals surface area contributed by atoms with Gasteiger partial charge in [0.05, 0.1) is 22.3 Å². The van der Waals surface area contributed by atoms with Crippen LogP contribution in [-0.2, 0) is 0 Å². The lowest BCUT2D eigenvalue weighted by Crippen LogP contribution is -2.31. The first-order chi connectivity index (χ1) is 12.9. The number of hydrogen-bond donors (Lipinski definition) is 1. The zero-order valence-electron chi connectivity index (χ0n) is 14.9. The summed E-state index contributed by atoms with van der Waals surface area (Å²) in [4.78, 5) is 18.8. The van der Waals surface area contributed by atoms with Crippen LogP contribution in [0.1, 0.15) is 10.4 Å². The van der Waals surface area contributed by atoms with Gasteiger partial charge in [0.1, 0.15) is 17.5 Å². The van der Waals surface area contributed by atoms with E-state index in [0.717, 1.165) is 0 Å². The summed E-state index contributed by atoms with van der Waals surface area (Å²) in [6.45, 7) is 1.06. The van der Waals surface area contributed by atoms with Crippen LogP contribution in [-0.4, -0.2) is 43.0 Å². The molecular weight excluding hydrogens is 355 g/mol. The van der Waals surface area contributed by atoms with Gasteiger partial charge in [0.25, 0.3) is 5.91 Å². The molecule has 27 heavy (non-hydrogen) atoms. The smallest absolute Gasteiger partial charge is 0.252 e. The summed E-state index contributed by atoms with van der Waals surface area (Å²) in [7, 11) is 3.76. The monoisotopic (exact) mass is 373 g/mol. The highest BCUT2D eigenvalue weighted by molar-refractivity contribution is 6.07. The second-order valence-electron chi connectivity index (χ2n) is 6.38. The van der Waals surface area contributed by atoms with Crippen molar-refractivity contribution >= 4 is 16.8 Å². The zero-order chi connectivity index (χ0) is 19.6. The van der Waals surface area contributed by atoms with Gasteiger partial charge in [0.2, 0.25) is 0 Å². The summed E-state index contributed by atoms with van der Waals surface area (Å²) in [5, 5.41) is 3.35. The lowest BCUT2D eigenvalue weighted by molar-refractivity contribution is 0.0952. The molecule has 140 valence electrons. The van der Waals surface area contributed by atoms with Crippen LogP contribution in [0.3, 0.4) is 0 Å². The third kappa shape index (κ3) is 4.09. The molecule has 1 amide bonds. The molecule has 0 saturated heterocycles. The standard InChI is InChI=1S/C20H18F3N3O/c1-26(2)8-7-24-20(27)14-11-18(25-17-6-4-3-5-13(14)17)19-15(22)9-12(21)10-16(19)23/h3-6,9-11H,7-8H2,1-2H3,(H,24,27). The normalized spacial score (nSPS) is 11.2. The fourth-order valence-corrected chi connectivity index (χ4v) is 2.77. The Labute approximate surface area is 154 Å². The molecule has 1 N–H and O–H groups in total. The molecule has 3 aromatic rings. The van der Waals surface area contributed by atoms with Crippen molar-refractivity contribution in [2.24, 2.45) is 0 Å². The van der Waals surface area contributed by atoms with Crippen molar-refractivity contribution in [2.45, 2.75) is 0 Å². The van der Waals surface area contributed by atoms with Gasteiger partial charge >= 0.3 is 0 Å². The van der Waals surface area contributed by atoms with Crippen molar-refractivity contribution < 1.29 is 18.0 Å². The number of benzene rings is 2. The molecule has 0 bridgehead atoms. The maximum atomic E-state index is 14.2. The summed E-state index contributed by atoms with van der Waals surface area (Å²) < 4.78 is 41.6. The van der Waals surface area contributed by atoms with Crippen molar-refractivity contribution in [1.82, 2.24) is 15.2 Å². The van der Waals surface area contributed by atoms with Gasteiger partial charge in [-0.15, -0.1) is 0 Å². The van der Waals surface area contributed by atoms with E-state index in [0.29, 0.717) is 36.1 Å². The molecule has 0 spiro atoms. The number of hydrogen-bond acceptors (Lipinski definition) is 3. The van der Waals surface area contributed by atoms with Crippen LogP contribution in [0.15, 0.2) is 42.5 Å². The predicted octanol–water partition coefficient (Wildman–Crippen LogP) is 3.61. The highest BCUT2D eigenvalue weighted by atomic mass is 19.1. The quantitative estimate of drug-likeness (QED) is 0.743. The van der Waals surface area contributed by atoms with Gasteiger partial charge in [0.15, 0.2) is 0 Å². The Hall–Kier alpha value is -2.93. The van der Waals surface area contributed by atoms with E-state index in [2.05, 4.69) is 10.3 Å². The van der Waals surface area contributed by atoms with Crippen LogP contribution in [0.2, 0.25) is 0 Å². The van der Waals surface area contributed by atoms with E-state index < -0.39 is 23.0 Å². The number of nitrogens with one attached hydrogen (secondary N) is 1. The molecule has 4 nitrogen and oxygen atoms in total. The Morgan fingerprint density at radius 3 is 2.41 bits per heavy atom. The number of pyridine rings is 1. The first-order valence-electron chi connectivity index (χ1n) is 8.34. The topological polar surface area (TPSA) is 45.2 Å². The molecule has 0 aliphatic heterocycles. The van der Waals surface area contributed by atoms with Crippen LogP contribution < -0.4 is 5.32 Å². The first kappa shape index (κ1) is 18.8. The molecule has 1 heterocycles. The number of para-hydroxylation sites is 1. The number of amides is 1. The molecule has 2 aromatic carbocycles. The van der Waals surface area contributed by atoms with Crippen molar-refractivity contribution in [1.29, 1.82) is 0 Å². The van der Waals surface area contributed by atoms with Crippen LogP contribution in [0.5, 0.6) is 0 Å². The van der Waals surface area contributed by atoms with E-state index in [1.807, 2.05) is 19.0 Å². The van der Waals surface area contributed by atoms with Crippen LogP contribution in [0.4, 0.5) is 13.2 Å². The summed E-state index contributed by atoms with van der Waals surface area (Å²) in [6.07, 6.45) is 0. The van der Waals surface area contributed by atoms with E-state index in [1.54, 1.807) is 24.3 Å². The van der Waals surface area contributed by atoms with Crippen LogP contribution in [0, 0.1) is 17.5 Å². The van der Waals surface area contributed by atoms with E-state index in [9.17, 15) is 18.0 Å². The Kier molecular flexibility index (Phi) is 5.41. The Bertz CT molecular complexity index is 982. The number of carbonyl (C=O) groups excluding carboxylic acids is 1. The molecule has 1 aromatic heterocycles. The van der Waals surface area contributed by atoms with E-state index in [4.69, 9.17) is 0 Å². The number of rotatable bonds is 5. The minimum atomic E-state index is -1.07. The SMILES string of the molecule is CN(C)CCNC(=O)c1cc(-c2c(F)cc(F)cc2F)nc2ccccc12. The second-order valence-corrected chi connectivity index (χ2v) is 6.38. The summed E-state index contributed by atoms with van der Waals surface area (Å²) in [5.74, 6) is -3.54. The molecular formula is C20H18F3N3O. The molecule has 7 heteroatoms. The van der Waals surface area contributed by atoms with Crippen molar-refractivity contribution in [3.05, 3.63) is 65.5 Å². The molecule has 0 unspecified atom stereocenters. The molecule has 0 aliphatic rings. The first-order valence-corrected chi connectivity index (χ1v) is 8.34. The third-order valence-electron chi connectivity index (χ3n) is 4.07. The Morgan fingerprint density at radius 1 is 1.07 bits per heavy atom. The van der Waals surface area contributed by atoms with E-state index >= 15 is 0 Å². The number of nitrogens with zero attached hydrogens (tertiary/aromatic N) is 2. The van der Waals surface area contributed by atoms with Crippen molar-refractivity contribution in [3.63, 3.8) is 0 Å². The molecule has 0 radical (unpaired) electrons.